The number of aromatic nitrogens is 2. The number of amides is 1. The van der Waals surface area contributed by atoms with E-state index < -0.39 is 17.9 Å². The molecule has 1 saturated carbocycles. The fourth-order valence-electron chi connectivity index (χ4n) is 3.02. The first-order valence-corrected chi connectivity index (χ1v) is 9.35. The Morgan fingerprint density at radius 1 is 1.35 bits per heavy atom. The predicted octanol–water partition coefficient (Wildman–Crippen LogP) is 3.84. The first-order chi connectivity index (χ1) is 12.1. The maximum absolute atomic E-state index is 13.2. The summed E-state index contributed by atoms with van der Waals surface area (Å²) in [6, 6.07) is -0.985. The molecule has 1 aromatic rings. The lowest BCUT2D eigenvalue weighted by Crippen LogP contribution is -2.44. The number of alkyl halides is 3. The molecule has 9 heteroatoms. The van der Waals surface area contributed by atoms with Crippen LogP contribution in [-0.4, -0.2) is 46.3 Å². The monoisotopic (exact) mass is 394 g/mol. The van der Waals surface area contributed by atoms with Crippen LogP contribution >= 0.6 is 11.6 Å². The number of halogens is 4. The van der Waals surface area contributed by atoms with Crippen LogP contribution in [0.2, 0.25) is 5.02 Å². The van der Waals surface area contributed by atoms with Crippen molar-refractivity contribution < 1.29 is 18.0 Å². The molecule has 148 valence electrons. The summed E-state index contributed by atoms with van der Waals surface area (Å²) in [5.74, 6) is -0.422. The van der Waals surface area contributed by atoms with Crippen LogP contribution in [-0.2, 0) is 11.0 Å². The summed E-state index contributed by atoms with van der Waals surface area (Å²) in [5, 5.41) is 6.14. The highest BCUT2D eigenvalue weighted by Gasteiger charge is 2.43. The van der Waals surface area contributed by atoms with E-state index >= 15 is 0 Å². The van der Waals surface area contributed by atoms with Gasteiger partial charge in [-0.05, 0) is 39.8 Å². The Balaban J connectivity index is 2.18. The van der Waals surface area contributed by atoms with E-state index in [9.17, 15) is 18.0 Å². The third kappa shape index (κ3) is 4.71. The normalized spacial score (nSPS) is 17.4. The molecule has 0 aromatic carbocycles. The first-order valence-electron chi connectivity index (χ1n) is 8.97. The van der Waals surface area contributed by atoms with Crippen molar-refractivity contribution in [1.82, 2.24) is 20.0 Å². The molecule has 1 N–H and O–H groups in total. The van der Waals surface area contributed by atoms with Gasteiger partial charge >= 0.3 is 6.18 Å². The van der Waals surface area contributed by atoms with E-state index in [1.54, 1.807) is 6.92 Å². The number of carbonyl (C=O) groups excluding carboxylic acids is 1. The highest BCUT2D eigenvalue weighted by Crippen LogP contribution is 2.47. The molecule has 1 aromatic heterocycles. The van der Waals surface area contributed by atoms with Gasteiger partial charge in [0.15, 0.2) is 5.69 Å². The third-order valence-electron chi connectivity index (χ3n) is 4.68. The second kappa shape index (κ2) is 8.17. The number of hydrogen-bond acceptors (Lipinski definition) is 3. The Morgan fingerprint density at radius 2 is 1.92 bits per heavy atom. The Hall–Kier alpha value is -1.28. The molecule has 0 aliphatic heterocycles. The number of rotatable bonds is 8. The van der Waals surface area contributed by atoms with Crippen LogP contribution in [0.4, 0.5) is 13.2 Å². The largest absolute Gasteiger partial charge is 0.436 e. The quantitative estimate of drug-likeness (QED) is 0.728. The first kappa shape index (κ1) is 21.0. The third-order valence-corrected chi connectivity index (χ3v) is 5.05. The van der Waals surface area contributed by atoms with Gasteiger partial charge in [0.1, 0.15) is 6.04 Å². The van der Waals surface area contributed by atoms with Crippen molar-refractivity contribution in [2.24, 2.45) is 0 Å². The van der Waals surface area contributed by atoms with Crippen LogP contribution in [0.15, 0.2) is 0 Å². The van der Waals surface area contributed by atoms with Crippen LogP contribution in [0, 0.1) is 0 Å². The summed E-state index contributed by atoms with van der Waals surface area (Å²) >= 11 is 5.97. The Morgan fingerprint density at radius 3 is 2.38 bits per heavy atom. The van der Waals surface area contributed by atoms with Crippen LogP contribution < -0.4 is 5.32 Å². The zero-order valence-electron chi connectivity index (χ0n) is 15.5. The summed E-state index contributed by atoms with van der Waals surface area (Å²) in [4.78, 5) is 14.7. The molecule has 2 atom stereocenters. The minimum atomic E-state index is -4.64. The summed E-state index contributed by atoms with van der Waals surface area (Å²) in [5.41, 5.74) is -0.796. The molecule has 1 heterocycles. The van der Waals surface area contributed by atoms with Crippen molar-refractivity contribution in [3.8, 4) is 0 Å². The topological polar surface area (TPSA) is 50.2 Å². The Bertz CT molecular complexity index is 639. The van der Waals surface area contributed by atoms with E-state index in [-0.39, 0.29) is 22.9 Å². The molecule has 1 aliphatic rings. The summed E-state index contributed by atoms with van der Waals surface area (Å²) in [7, 11) is 0. The molecule has 0 spiro atoms. The average Bonchev–Trinajstić information content (AvgIpc) is 3.33. The van der Waals surface area contributed by atoms with Gasteiger partial charge in [-0.25, -0.2) is 0 Å². The predicted molar refractivity (Wildman–Crippen MR) is 94.3 cm³/mol. The molecule has 2 rings (SSSR count). The van der Waals surface area contributed by atoms with Crippen molar-refractivity contribution >= 4 is 17.5 Å². The van der Waals surface area contributed by atoms with Gasteiger partial charge in [-0.1, -0.05) is 25.4 Å². The van der Waals surface area contributed by atoms with Crippen LogP contribution in [0.1, 0.15) is 63.9 Å². The molecule has 1 amide bonds. The highest BCUT2D eigenvalue weighted by atomic mass is 35.5. The van der Waals surface area contributed by atoms with Crippen molar-refractivity contribution in [3.63, 3.8) is 0 Å². The molecule has 1 fully saturated rings. The molecule has 0 unspecified atom stereocenters. The number of carbonyl (C=O) groups is 1. The van der Waals surface area contributed by atoms with Gasteiger partial charge < -0.3 is 10.2 Å². The van der Waals surface area contributed by atoms with Crippen LogP contribution in [0.5, 0.6) is 0 Å². The second-order valence-corrected chi connectivity index (χ2v) is 7.21. The number of nitrogens with one attached hydrogen (secondary N) is 1. The lowest BCUT2D eigenvalue weighted by atomic mass is 10.2. The lowest BCUT2D eigenvalue weighted by Gasteiger charge is -2.25. The van der Waals surface area contributed by atoms with Crippen LogP contribution in [0.3, 0.4) is 0 Å². The minimum Gasteiger partial charge on any atom is -0.351 e. The van der Waals surface area contributed by atoms with Gasteiger partial charge in [-0.15, -0.1) is 0 Å². The minimum absolute atomic E-state index is 0.0607. The van der Waals surface area contributed by atoms with Crippen molar-refractivity contribution in [2.75, 3.05) is 19.6 Å². The van der Waals surface area contributed by atoms with Crippen molar-refractivity contribution in [1.29, 1.82) is 0 Å². The van der Waals surface area contributed by atoms with Gasteiger partial charge in [-0.2, -0.15) is 18.3 Å². The maximum atomic E-state index is 13.2. The molecular formula is C17H26ClF3N4O. The van der Waals surface area contributed by atoms with Gasteiger partial charge in [-0.3, -0.25) is 9.48 Å². The zero-order chi connectivity index (χ0) is 19.6. The fourth-order valence-corrected chi connectivity index (χ4v) is 3.40. The second-order valence-electron chi connectivity index (χ2n) is 6.84. The maximum Gasteiger partial charge on any atom is 0.436 e. The van der Waals surface area contributed by atoms with Gasteiger partial charge in [0, 0.05) is 18.5 Å². The summed E-state index contributed by atoms with van der Waals surface area (Å²) in [6.45, 7) is 9.90. The van der Waals surface area contributed by atoms with Crippen molar-refractivity contribution in [2.45, 2.75) is 64.7 Å². The molecule has 5 nitrogen and oxygen atoms in total. The fraction of sp³-hybridized carbons (Fsp3) is 0.765. The number of likely N-dealkylation sites (N-methyl/N-ethyl adjacent to an activating group) is 1. The average molecular weight is 395 g/mol. The van der Waals surface area contributed by atoms with E-state index in [0.717, 1.165) is 30.6 Å². The molecule has 1 aliphatic carbocycles. The van der Waals surface area contributed by atoms with Gasteiger partial charge in [0.05, 0.1) is 10.7 Å². The van der Waals surface area contributed by atoms with E-state index in [0.29, 0.717) is 12.2 Å². The van der Waals surface area contributed by atoms with Crippen LogP contribution in [0.25, 0.3) is 0 Å². The summed E-state index contributed by atoms with van der Waals surface area (Å²) in [6.07, 6.45) is -3.12. The molecule has 0 bridgehead atoms. The number of hydrogen-bond donors (Lipinski definition) is 1. The Labute approximate surface area is 156 Å². The SMILES string of the molecule is CCN(CC)C[C@@H](C)NC(=O)[C@@H](C)n1nc(C(F)(F)F)c(Cl)c1C1CC1. The molecule has 0 radical (unpaired) electrons. The van der Waals surface area contributed by atoms with Gasteiger partial charge in [0.2, 0.25) is 5.91 Å². The van der Waals surface area contributed by atoms with Gasteiger partial charge in [0.25, 0.3) is 0 Å². The smallest absolute Gasteiger partial charge is 0.351 e. The van der Waals surface area contributed by atoms with E-state index in [1.165, 1.54) is 0 Å². The van der Waals surface area contributed by atoms with E-state index in [2.05, 4.69) is 15.3 Å². The molecule has 26 heavy (non-hydrogen) atoms. The van der Waals surface area contributed by atoms with Crippen molar-refractivity contribution in [3.05, 3.63) is 16.4 Å². The zero-order valence-corrected chi connectivity index (χ0v) is 16.3. The Kier molecular flexibility index (Phi) is 6.60. The lowest BCUT2D eigenvalue weighted by molar-refractivity contribution is -0.141. The summed E-state index contributed by atoms with van der Waals surface area (Å²) < 4.78 is 40.6. The highest BCUT2D eigenvalue weighted by molar-refractivity contribution is 6.32. The van der Waals surface area contributed by atoms with E-state index in [4.69, 9.17) is 11.6 Å². The standard InChI is InChI=1S/C17H26ClF3N4O/c1-5-24(6-2)9-10(3)22-16(26)11(4)25-14(12-7-8-12)13(18)15(23-25)17(19,20)21/h10-12H,5-9H2,1-4H3,(H,22,26)/t10-,11-/m1/s1. The van der Waals surface area contributed by atoms with E-state index in [1.807, 2.05) is 20.8 Å². The number of nitrogens with zero attached hydrogens (tertiary/aromatic N) is 3. The molecule has 0 saturated heterocycles. The molecular weight excluding hydrogens is 369 g/mol.